The highest BCUT2D eigenvalue weighted by atomic mass is 15.1. The van der Waals surface area contributed by atoms with Crippen LogP contribution < -0.4 is 5.73 Å². The Morgan fingerprint density at radius 2 is 2.36 bits per heavy atom. The van der Waals surface area contributed by atoms with E-state index in [0.29, 0.717) is 6.54 Å². The standard InChI is InChI=1S/C12H22N2/c1-4-12(8-13)11(3)14-7-5-6-10(2)9-14/h4,10H,3,5-9,13H2,1-2H3/b12-4-. The summed E-state index contributed by atoms with van der Waals surface area (Å²) in [6, 6.07) is 0. The summed E-state index contributed by atoms with van der Waals surface area (Å²) in [6.07, 6.45) is 4.70. The number of rotatable bonds is 3. The lowest BCUT2D eigenvalue weighted by molar-refractivity contribution is 0.233. The van der Waals surface area contributed by atoms with Gasteiger partial charge in [-0.1, -0.05) is 19.6 Å². The molecule has 0 aromatic rings. The molecule has 2 heteroatoms. The molecule has 1 unspecified atom stereocenters. The minimum Gasteiger partial charge on any atom is -0.371 e. The molecule has 14 heavy (non-hydrogen) atoms. The van der Waals surface area contributed by atoms with Gasteiger partial charge in [-0.3, -0.25) is 0 Å². The summed E-state index contributed by atoms with van der Waals surface area (Å²) in [5.41, 5.74) is 7.98. The quantitative estimate of drug-likeness (QED) is 0.697. The Kier molecular flexibility index (Phi) is 4.21. The van der Waals surface area contributed by atoms with E-state index in [4.69, 9.17) is 5.73 Å². The topological polar surface area (TPSA) is 29.3 Å². The maximum Gasteiger partial charge on any atom is 0.0335 e. The molecule has 0 bridgehead atoms. The van der Waals surface area contributed by atoms with E-state index in [1.807, 2.05) is 6.92 Å². The van der Waals surface area contributed by atoms with Crippen molar-refractivity contribution in [2.75, 3.05) is 19.6 Å². The molecule has 0 saturated carbocycles. The second kappa shape index (κ2) is 5.20. The first kappa shape index (κ1) is 11.3. The highest BCUT2D eigenvalue weighted by molar-refractivity contribution is 5.28. The lowest BCUT2D eigenvalue weighted by Crippen LogP contribution is -2.34. The van der Waals surface area contributed by atoms with Gasteiger partial charge in [0.15, 0.2) is 0 Å². The summed E-state index contributed by atoms with van der Waals surface area (Å²) in [4.78, 5) is 2.37. The number of likely N-dealkylation sites (tertiary alicyclic amines) is 1. The van der Waals surface area contributed by atoms with Crippen molar-refractivity contribution in [1.29, 1.82) is 0 Å². The Bertz CT molecular complexity index is 230. The molecule has 2 nitrogen and oxygen atoms in total. The summed E-state index contributed by atoms with van der Waals surface area (Å²) in [6.45, 7) is 11.3. The van der Waals surface area contributed by atoms with Crippen molar-refractivity contribution in [2.24, 2.45) is 11.7 Å². The van der Waals surface area contributed by atoms with E-state index >= 15 is 0 Å². The molecule has 2 N–H and O–H groups in total. The molecule has 0 amide bonds. The van der Waals surface area contributed by atoms with Crippen molar-refractivity contribution in [3.05, 3.63) is 23.9 Å². The van der Waals surface area contributed by atoms with Crippen LogP contribution in [0.25, 0.3) is 0 Å². The van der Waals surface area contributed by atoms with E-state index in [2.05, 4.69) is 24.5 Å². The van der Waals surface area contributed by atoms with E-state index in [9.17, 15) is 0 Å². The fourth-order valence-electron chi connectivity index (χ4n) is 2.04. The largest absolute Gasteiger partial charge is 0.371 e. The summed E-state index contributed by atoms with van der Waals surface area (Å²) in [5.74, 6) is 0.788. The van der Waals surface area contributed by atoms with Crippen LogP contribution in [-0.2, 0) is 0 Å². The second-order valence-corrected chi connectivity index (χ2v) is 4.16. The van der Waals surface area contributed by atoms with Crippen molar-refractivity contribution in [3.63, 3.8) is 0 Å². The van der Waals surface area contributed by atoms with Crippen LogP contribution in [-0.4, -0.2) is 24.5 Å². The maximum absolute atomic E-state index is 5.67. The average Bonchev–Trinajstić information content (AvgIpc) is 2.19. The van der Waals surface area contributed by atoms with E-state index in [-0.39, 0.29) is 0 Å². The lowest BCUT2D eigenvalue weighted by Gasteiger charge is -2.34. The Balaban J connectivity index is 2.59. The third-order valence-electron chi connectivity index (χ3n) is 2.98. The number of allylic oxidation sites excluding steroid dienone is 1. The third-order valence-corrected chi connectivity index (χ3v) is 2.98. The molecule has 1 rings (SSSR count). The molecular weight excluding hydrogens is 172 g/mol. The molecule has 1 atom stereocenters. The smallest absolute Gasteiger partial charge is 0.0335 e. The van der Waals surface area contributed by atoms with E-state index < -0.39 is 0 Å². The van der Waals surface area contributed by atoms with E-state index in [1.165, 1.54) is 18.4 Å². The first-order valence-electron chi connectivity index (χ1n) is 5.48. The summed E-state index contributed by atoms with van der Waals surface area (Å²) >= 11 is 0. The number of hydrogen-bond donors (Lipinski definition) is 1. The number of nitrogens with two attached hydrogens (primary N) is 1. The highest BCUT2D eigenvalue weighted by Gasteiger charge is 2.18. The molecule has 1 aliphatic heterocycles. The Morgan fingerprint density at radius 1 is 1.64 bits per heavy atom. The molecule has 0 aromatic carbocycles. The molecule has 0 radical (unpaired) electrons. The predicted molar refractivity (Wildman–Crippen MR) is 61.9 cm³/mol. The Hall–Kier alpha value is -0.760. The minimum absolute atomic E-state index is 0.597. The van der Waals surface area contributed by atoms with Gasteiger partial charge in [-0.25, -0.2) is 0 Å². The summed E-state index contributed by atoms with van der Waals surface area (Å²) in [5, 5.41) is 0. The molecule has 0 aliphatic carbocycles. The molecule has 1 fully saturated rings. The molecule has 1 saturated heterocycles. The summed E-state index contributed by atoms with van der Waals surface area (Å²) in [7, 11) is 0. The zero-order valence-electron chi connectivity index (χ0n) is 9.42. The highest BCUT2D eigenvalue weighted by Crippen LogP contribution is 2.21. The Labute approximate surface area is 87.5 Å². The van der Waals surface area contributed by atoms with Crippen LogP contribution >= 0.6 is 0 Å². The van der Waals surface area contributed by atoms with Gasteiger partial charge in [-0.2, -0.15) is 0 Å². The number of piperidine rings is 1. The zero-order valence-corrected chi connectivity index (χ0v) is 9.42. The SMILES string of the molecule is C=C(/C(=C\C)CN)N1CCCC(C)C1. The van der Waals surface area contributed by atoms with Crippen molar-refractivity contribution in [3.8, 4) is 0 Å². The van der Waals surface area contributed by atoms with Crippen LogP contribution in [0.1, 0.15) is 26.7 Å². The fraction of sp³-hybridized carbons (Fsp3) is 0.667. The van der Waals surface area contributed by atoms with E-state index in [1.54, 1.807) is 0 Å². The third kappa shape index (κ3) is 2.61. The number of nitrogens with zero attached hydrogens (tertiary/aromatic N) is 1. The molecular formula is C12H22N2. The van der Waals surface area contributed by atoms with Crippen LogP contribution in [0, 0.1) is 5.92 Å². The zero-order chi connectivity index (χ0) is 10.6. The Morgan fingerprint density at radius 3 is 2.86 bits per heavy atom. The molecule has 0 aromatic heterocycles. The van der Waals surface area contributed by atoms with Gasteiger partial charge in [-0.15, -0.1) is 0 Å². The van der Waals surface area contributed by atoms with Crippen molar-refractivity contribution in [1.82, 2.24) is 4.90 Å². The second-order valence-electron chi connectivity index (χ2n) is 4.16. The number of hydrogen-bond acceptors (Lipinski definition) is 2. The van der Waals surface area contributed by atoms with Gasteiger partial charge in [0.25, 0.3) is 0 Å². The first-order valence-corrected chi connectivity index (χ1v) is 5.48. The van der Waals surface area contributed by atoms with Gasteiger partial charge in [0.05, 0.1) is 0 Å². The molecule has 0 spiro atoms. The van der Waals surface area contributed by atoms with E-state index in [0.717, 1.165) is 24.7 Å². The van der Waals surface area contributed by atoms with Gasteiger partial charge in [-0.05, 0) is 31.3 Å². The van der Waals surface area contributed by atoms with Crippen molar-refractivity contribution >= 4 is 0 Å². The van der Waals surface area contributed by atoms with Crippen molar-refractivity contribution in [2.45, 2.75) is 26.7 Å². The van der Waals surface area contributed by atoms with Gasteiger partial charge >= 0.3 is 0 Å². The van der Waals surface area contributed by atoms with Crippen LogP contribution in [0.4, 0.5) is 0 Å². The maximum atomic E-state index is 5.67. The van der Waals surface area contributed by atoms with Gasteiger partial charge < -0.3 is 10.6 Å². The normalized spacial score (nSPS) is 23.8. The first-order chi connectivity index (χ1) is 6.69. The van der Waals surface area contributed by atoms with Crippen LogP contribution in [0.15, 0.2) is 23.9 Å². The molecule has 1 aliphatic rings. The van der Waals surface area contributed by atoms with Crippen molar-refractivity contribution < 1.29 is 0 Å². The van der Waals surface area contributed by atoms with Gasteiger partial charge in [0, 0.05) is 25.3 Å². The average molecular weight is 194 g/mol. The fourth-order valence-corrected chi connectivity index (χ4v) is 2.04. The molecule has 1 heterocycles. The monoisotopic (exact) mass is 194 g/mol. The lowest BCUT2D eigenvalue weighted by atomic mass is 9.99. The van der Waals surface area contributed by atoms with Crippen LogP contribution in [0.2, 0.25) is 0 Å². The van der Waals surface area contributed by atoms with Crippen LogP contribution in [0.5, 0.6) is 0 Å². The molecule has 80 valence electrons. The van der Waals surface area contributed by atoms with Gasteiger partial charge in [0.1, 0.15) is 0 Å². The van der Waals surface area contributed by atoms with Crippen LogP contribution in [0.3, 0.4) is 0 Å². The predicted octanol–water partition coefficient (Wildman–Crippen LogP) is 2.14. The van der Waals surface area contributed by atoms with Gasteiger partial charge in [0.2, 0.25) is 0 Å². The summed E-state index contributed by atoms with van der Waals surface area (Å²) < 4.78 is 0. The minimum atomic E-state index is 0.597.